The number of thiazole rings is 1. The van der Waals surface area contributed by atoms with Crippen molar-refractivity contribution >= 4 is 11.3 Å². The normalized spacial score (nSPS) is 12.6. The van der Waals surface area contributed by atoms with Crippen LogP contribution in [0.4, 0.5) is 4.39 Å². The molecule has 0 saturated carbocycles. The van der Waals surface area contributed by atoms with E-state index in [0.717, 1.165) is 17.2 Å². The van der Waals surface area contributed by atoms with E-state index in [0.29, 0.717) is 5.56 Å². The van der Waals surface area contributed by atoms with E-state index in [1.54, 1.807) is 6.07 Å². The van der Waals surface area contributed by atoms with Gasteiger partial charge in [0.25, 0.3) is 0 Å². The highest BCUT2D eigenvalue weighted by Crippen LogP contribution is 2.28. The van der Waals surface area contributed by atoms with Crippen molar-refractivity contribution in [3.63, 3.8) is 0 Å². The van der Waals surface area contributed by atoms with Gasteiger partial charge in [0.05, 0.1) is 5.69 Å². The molecule has 18 heavy (non-hydrogen) atoms. The highest BCUT2D eigenvalue weighted by molar-refractivity contribution is 7.13. The van der Waals surface area contributed by atoms with Crippen LogP contribution >= 0.6 is 11.3 Å². The van der Waals surface area contributed by atoms with Gasteiger partial charge in [-0.15, -0.1) is 11.3 Å². The van der Waals surface area contributed by atoms with Crippen LogP contribution in [0.1, 0.15) is 25.6 Å². The summed E-state index contributed by atoms with van der Waals surface area (Å²) >= 11 is 1.47. The molecule has 2 aromatic rings. The van der Waals surface area contributed by atoms with E-state index >= 15 is 0 Å². The Kier molecular flexibility index (Phi) is 3.93. The molecule has 0 fully saturated rings. The Bertz CT molecular complexity index is 542. The van der Waals surface area contributed by atoms with Crippen LogP contribution in [0.3, 0.4) is 0 Å². The first-order valence-electron chi connectivity index (χ1n) is 5.79. The van der Waals surface area contributed by atoms with Crippen molar-refractivity contribution in [2.75, 3.05) is 6.54 Å². The maximum Gasteiger partial charge on any atom is 0.165 e. The third-order valence-electron chi connectivity index (χ3n) is 2.67. The minimum atomic E-state index is -0.621. The number of nitrogens with one attached hydrogen (secondary N) is 1. The van der Waals surface area contributed by atoms with Crippen LogP contribution in [0, 0.1) is 5.82 Å². The van der Waals surface area contributed by atoms with Gasteiger partial charge in [-0.25, -0.2) is 9.37 Å². The van der Waals surface area contributed by atoms with Crippen LogP contribution in [0.5, 0.6) is 5.75 Å². The minimum Gasteiger partial charge on any atom is -0.505 e. The van der Waals surface area contributed by atoms with Gasteiger partial charge in [0.2, 0.25) is 0 Å². The summed E-state index contributed by atoms with van der Waals surface area (Å²) in [5.74, 6) is -0.958. The third-order valence-corrected chi connectivity index (χ3v) is 3.58. The second kappa shape index (κ2) is 5.46. The maximum absolute atomic E-state index is 13.3. The maximum atomic E-state index is 13.3. The molecule has 1 aromatic heterocycles. The molecule has 0 saturated heterocycles. The van der Waals surface area contributed by atoms with Gasteiger partial charge in [0, 0.05) is 17.0 Å². The Morgan fingerprint density at radius 1 is 1.50 bits per heavy atom. The van der Waals surface area contributed by atoms with Crippen molar-refractivity contribution in [3.05, 3.63) is 35.1 Å². The summed E-state index contributed by atoms with van der Waals surface area (Å²) in [6.45, 7) is 4.96. The lowest BCUT2D eigenvalue weighted by Gasteiger charge is -2.08. The minimum absolute atomic E-state index is 0.182. The van der Waals surface area contributed by atoms with E-state index in [2.05, 4.69) is 10.3 Å². The third kappa shape index (κ3) is 2.68. The summed E-state index contributed by atoms with van der Waals surface area (Å²) in [6.07, 6.45) is 0. The monoisotopic (exact) mass is 266 g/mol. The molecule has 0 aliphatic rings. The molecule has 1 aromatic carbocycles. The van der Waals surface area contributed by atoms with Crippen molar-refractivity contribution in [1.82, 2.24) is 10.3 Å². The van der Waals surface area contributed by atoms with Crippen molar-refractivity contribution in [2.24, 2.45) is 0 Å². The molecule has 1 atom stereocenters. The lowest BCUT2D eigenvalue weighted by atomic mass is 10.2. The lowest BCUT2D eigenvalue weighted by molar-refractivity contribution is 0.432. The van der Waals surface area contributed by atoms with Gasteiger partial charge in [-0.3, -0.25) is 0 Å². The van der Waals surface area contributed by atoms with Gasteiger partial charge in [0.15, 0.2) is 11.6 Å². The zero-order chi connectivity index (χ0) is 13.1. The Balaban J connectivity index is 2.26. The number of hydrogen-bond acceptors (Lipinski definition) is 4. The van der Waals surface area contributed by atoms with Crippen molar-refractivity contribution in [2.45, 2.75) is 19.9 Å². The Hall–Kier alpha value is -1.46. The van der Waals surface area contributed by atoms with E-state index in [1.807, 2.05) is 19.2 Å². The molecule has 2 N–H and O–H groups in total. The SMILES string of the molecule is CCNC(C)c1csc(-c2ccc(O)c(F)c2)n1. The summed E-state index contributed by atoms with van der Waals surface area (Å²) in [7, 11) is 0. The average molecular weight is 266 g/mol. The van der Waals surface area contributed by atoms with Gasteiger partial charge < -0.3 is 10.4 Å². The largest absolute Gasteiger partial charge is 0.505 e. The molecule has 0 aliphatic heterocycles. The second-order valence-electron chi connectivity index (χ2n) is 4.02. The molecule has 5 heteroatoms. The number of hydrogen-bond donors (Lipinski definition) is 2. The number of aromatic nitrogens is 1. The van der Waals surface area contributed by atoms with Crippen molar-refractivity contribution < 1.29 is 9.50 Å². The highest BCUT2D eigenvalue weighted by atomic mass is 32.1. The van der Waals surface area contributed by atoms with E-state index < -0.39 is 5.82 Å². The fourth-order valence-corrected chi connectivity index (χ4v) is 2.58. The first-order chi connectivity index (χ1) is 8.61. The second-order valence-corrected chi connectivity index (χ2v) is 4.88. The van der Waals surface area contributed by atoms with Gasteiger partial charge in [-0.1, -0.05) is 6.92 Å². The van der Waals surface area contributed by atoms with Crippen LogP contribution < -0.4 is 5.32 Å². The summed E-state index contributed by atoms with van der Waals surface area (Å²) in [5.41, 5.74) is 1.63. The molecule has 1 unspecified atom stereocenters. The summed E-state index contributed by atoms with van der Waals surface area (Å²) in [6, 6.07) is 4.50. The smallest absolute Gasteiger partial charge is 0.165 e. The fraction of sp³-hybridized carbons (Fsp3) is 0.308. The summed E-state index contributed by atoms with van der Waals surface area (Å²) in [5, 5.41) is 15.2. The predicted molar refractivity (Wildman–Crippen MR) is 71.3 cm³/mol. The summed E-state index contributed by atoms with van der Waals surface area (Å²) < 4.78 is 13.3. The van der Waals surface area contributed by atoms with Crippen molar-refractivity contribution in [3.8, 4) is 16.3 Å². The quantitative estimate of drug-likeness (QED) is 0.892. The summed E-state index contributed by atoms with van der Waals surface area (Å²) in [4.78, 5) is 4.48. The highest BCUT2D eigenvalue weighted by Gasteiger charge is 2.11. The zero-order valence-corrected chi connectivity index (χ0v) is 11.1. The first kappa shape index (κ1) is 13.0. The lowest BCUT2D eigenvalue weighted by Crippen LogP contribution is -2.17. The fourth-order valence-electron chi connectivity index (χ4n) is 1.67. The average Bonchev–Trinajstić information content (AvgIpc) is 2.82. The molecular formula is C13H15FN2OS. The van der Waals surface area contributed by atoms with Crippen LogP contribution in [0.15, 0.2) is 23.6 Å². The zero-order valence-electron chi connectivity index (χ0n) is 10.3. The molecule has 2 rings (SSSR count). The van der Waals surface area contributed by atoms with Gasteiger partial charge in [0.1, 0.15) is 5.01 Å². The molecule has 0 radical (unpaired) electrons. The van der Waals surface area contributed by atoms with Crippen LogP contribution in [-0.4, -0.2) is 16.6 Å². The number of halogens is 1. The molecule has 0 aliphatic carbocycles. The molecule has 0 spiro atoms. The van der Waals surface area contributed by atoms with E-state index in [4.69, 9.17) is 5.11 Å². The standard InChI is InChI=1S/C13H15FN2OS/c1-3-15-8(2)11-7-18-13(16-11)9-4-5-12(17)10(14)6-9/h4-8,15,17H,3H2,1-2H3. The van der Waals surface area contributed by atoms with Gasteiger partial charge >= 0.3 is 0 Å². The molecule has 0 amide bonds. The molecule has 96 valence electrons. The van der Waals surface area contributed by atoms with Gasteiger partial charge in [-0.05, 0) is 31.7 Å². The molecule has 0 bridgehead atoms. The van der Waals surface area contributed by atoms with Crippen molar-refractivity contribution in [1.29, 1.82) is 0 Å². The van der Waals surface area contributed by atoms with Gasteiger partial charge in [-0.2, -0.15) is 0 Å². The molecular weight excluding hydrogens is 251 g/mol. The number of phenolic OH excluding ortho intramolecular Hbond substituents is 1. The first-order valence-corrected chi connectivity index (χ1v) is 6.67. The molecule has 3 nitrogen and oxygen atoms in total. The van der Waals surface area contributed by atoms with E-state index in [1.165, 1.54) is 23.5 Å². The number of aromatic hydroxyl groups is 1. The Morgan fingerprint density at radius 2 is 2.28 bits per heavy atom. The van der Waals surface area contributed by atoms with Crippen LogP contribution in [0.2, 0.25) is 0 Å². The number of nitrogens with zero attached hydrogens (tertiary/aromatic N) is 1. The Morgan fingerprint density at radius 3 is 2.94 bits per heavy atom. The molecule has 1 heterocycles. The predicted octanol–water partition coefficient (Wildman–Crippen LogP) is 3.33. The van der Waals surface area contributed by atoms with E-state index in [9.17, 15) is 4.39 Å². The number of benzene rings is 1. The number of rotatable bonds is 4. The van der Waals surface area contributed by atoms with Crippen LogP contribution in [0.25, 0.3) is 10.6 Å². The number of phenols is 1. The van der Waals surface area contributed by atoms with E-state index in [-0.39, 0.29) is 11.8 Å². The topological polar surface area (TPSA) is 45.1 Å². The Labute approximate surface area is 109 Å². The van der Waals surface area contributed by atoms with Crippen LogP contribution in [-0.2, 0) is 0 Å².